The van der Waals surface area contributed by atoms with Gasteiger partial charge in [0.15, 0.2) is 0 Å². The van der Waals surface area contributed by atoms with Crippen molar-refractivity contribution in [2.24, 2.45) is 5.92 Å². The molecule has 1 fully saturated rings. The Morgan fingerprint density at radius 3 is 3.05 bits per heavy atom. The Labute approximate surface area is 121 Å². The van der Waals surface area contributed by atoms with Crippen molar-refractivity contribution in [3.63, 3.8) is 0 Å². The fraction of sp³-hybridized carbons (Fsp3) is 0.500. The van der Waals surface area contributed by atoms with Crippen LogP contribution in [0.25, 0.3) is 11.0 Å². The second-order valence-corrected chi connectivity index (χ2v) is 6.18. The molecule has 102 valence electrons. The molecule has 1 aliphatic heterocycles. The number of aromatic nitrogens is 2. The van der Waals surface area contributed by atoms with E-state index in [1.54, 1.807) is 0 Å². The van der Waals surface area contributed by atoms with E-state index < -0.39 is 0 Å². The molecule has 3 rings (SSSR count). The van der Waals surface area contributed by atoms with Gasteiger partial charge in [-0.1, -0.05) is 22.9 Å². The summed E-state index contributed by atoms with van der Waals surface area (Å²) in [6, 6.07) is 6.16. The van der Waals surface area contributed by atoms with Crippen LogP contribution in [-0.4, -0.2) is 34.1 Å². The number of anilines is 1. The van der Waals surface area contributed by atoms with Crippen LogP contribution < -0.4 is 5.73 Å². The van der Waals surface area contributed by atoms with Crippen molar-refractivity contribution in [3.05, 3.63) is 22.7 Å². The van der Waals surface area contributed by atoms with Crippen LogP contribution in [0.2, 0.25) is 0 Å². The summed E-state index contributed by atoms with van der Waals surface area (Å²) in [5, 5.41) is 0. The van der Waals surface area contributed by atoms with Crippen LogP contribution in [0.1, 0.15) is 13.3 Å². The molecule has 2 heterocycles. The molecule has 4 nitrogen and oxygen atoms in total. The zero-order valence-electron chi connectivity index (χ0n) is 11.1. The molecule has 0 aliphatic carbocycles. The lowest BCUT2D eigenvalue weighted by Gasteiger charge is -2.14. The first kappa shape index (κ1) is 12.9. The van der Waals surface area contributed by atoms with Gasteiger partial charge in [-0.25, -0.2) is 4.98 Å². The number of nitrogens with two attached hydrogens (primary N) is 1. The van der Waals surface area contributed by atoms with Gasteiger partial charge >= 0.3 is 0 Å². The number of imidazole rings is 1. The third-order valence-corrected chi connectivity index (χ3v) is 4.49. The minimum absolute atomic E-state index is 0.628. The summed E-state index contributed by atoms with van der Waals surface area (Å²) in [7, 11) is 0. The predicted molar refractivity (Wildman–Crippen MR) is 82.1 cm³/mol. The van der Waals surface area contributed by atoms with Crippen molar-refractivity contribution in [3.8, 4) is 0 Å². The quantitative estimate of drug-likeness (QED) is 0.945. The van der Waals surface area contributed by atoms with Gasteiger partial charge in [0, 0.05) is 17.6 Å². The highest BCUT2D eigenvalue weighted by molar-refractivity contribution is 9.10. The number of hydrogen-bond acceptors (Lipinski definition) is 3. The first-order valence-electron chi connectivity index (χ1n) is 6.81. The van der Waals surface area contributed by atoms with Crippen molar-refractivity contribution in [2.45, 2.75) is 19.9 Å². The first-order valence-corrected chi connectivity index (χ1v) is 7.60. The maximum Gasteiger partial charge on any atom is 0.201 e. The molecule has 0 spiro atoms. The monoisotopic (exact) mass is 322 g/mol. The Hall–Kier alpha value is -1.07. The lowest BCUT2D eigenvalue weighted by molar-refractivity contribution is 0.334. The average Bonchev–Trinajstić information content (AvgIpc) is 2.95. The Kier molecular flexibility index (Phi) is 3.50. The van der Waals surface area contributed by atoms with E-state index >= 15 is 0 Å². The van der Waals surface area contributed by atoms with E-state index in [0.717, 1.165) is 28.6 Å². The van der Waals surface area contributed by atoms with Gasteiger partial charge in [-0.05, 0) is 43.6 Å². The van der Waals surface area contributed by atoms with Crippen LogP contribution in [0.3, 0.4) is 0 Å². The number of likely N-dealkylation sites (tertiary alicyclic amines) is 1. The zero-order chi connectivity index (χ0) is 13.4. The number of nitrogens with zero attached hydrogens (tertiary/aromatic N) is 3. The molecule has 2 N–H and O–H groups in total. The van der Waals surface area contributed by atoms with Gasteiger partial charge in [-0.3, -0.25) is 0 Å². The molecule has 0 saturated carbocycles. The SMILES string of the molecule is CCN1CCC(Cn2c(N)nc3cc(Br)ccc32)C1. The lowest BCUT2D eigenvalue weighted by atomic mass is 10.1. The summed E-state index contributed by atoms with van der Waals surface area (Å²) in [6.45, 7) is 6.72. The molecule has 5 heteroatoms. The van der Waals surface area contributed by atoms with Crippen LogP contribution in [0, 0.1) is 5.92 Å². The number of fused-ring (bicyclic) bond motifs is 1. The van der Waals surface area contributed by atoms with Gasteiger partial charge < -0.3 is 15.2 Å². The number of halogens is 1. The predicted octanol–water partition coefficient (Wildman–Crippen LogP) is 2.72. The smallest absolute Gasteiger partial charge is 0.201 e. The van der Waals surface area contributed by atoms with Gasteiger partial charge in [0.2, 0.25) is 5.95 Å². The molecule has 2 aromatic rings. The van der Waals surface area contributed by atoms with E-state index in [1.165, 1.54) is 19.5 Å². The van der Waals surface area contributed by atoms with E-state index in [1.807, 2.05) is 12.1 Å². The Balaban J connectivity index is 1.86. The third-order valence-electron chi connectivity index (χ3n) is 4.00. The summed E-state index contributed by atoms with van der Waals surface area (Å²) in [5.41, 5.74) is 8.18. The van der Waals surface area contributed by atoms with E-state index in [-0.39, 0.29) is 0 Å². The molecule has 1 unspecified atom stereocenters. The zero-order valence-corrected chi connectivity index (χ0v) is 12.7. The minimum atomic E-state index is 0.628. The van der Waals surface area contributed by atoms with Crippen molar-refractivity contribution < 1.29 is 0 Å². The van der Waals surface area contributed by atoms with Crippen LogP contribution in [0.5, 0.6) is 0 Å². The van der Waals surface area contributed by atoms with E-state index in [2.05, 4.69) is 43.4 Å². The molecule has 1 aliphatic rings. The largest absolute Gasteiger partial charge is 0.369 e. The van der Waals surface area contributed by atoms with Gasteiger partial charge in [0.25, 0.3) is 0 Å². The number of nitrogen functional groups attached to an aromatic ring is 1. The molecule has 1 saturated heterocycles. The molecule has 1 aromatic carbocycles. The Morgan fingerprint density at radius 1 is 1.47 bits per heavy atom. The first-order chi connectivity index (χ1) is 9.17. The van der Waals surface area contributed by atoms with Gasteiger partial charge in [0.1, 0.15) is 0 Å². The second-order valence-electron chi connectivity index (χ2n) is 5.26. The van der Waals surface area contributed by atoms with Crippen molar-refractivity contribution in [2.75, 3.05) is 25.4 Å². The molecule has 0 bridgehead atoms. The Bertz CT molecular complexity index is 592. The van der Waals surface area contributed by atoms with E-state index in [0.29, 0.717) is 11.9 Å². The normalized spacial score (nSPS) is 20.4. The maximum atomic E-state index is 6.07. The molecular formula is C14H19BrN4. The third kappa shape index (κ3) is 2.49. The maximum absolute atomic E-state index is 6.07. The van der Waals surface area contributed by atoms with Gasteiger partial charge in [-0.2, -0.15) is 0 Å². The average molecular weight is 323 g/mol. The molecular weight excluding hydrogens is 304 g/mol. The molecule has 0 radical (unpaired) electrons. The summed E-state index contributed by atoms with van der Waals surface area (Å²) < 4.78 is 3.20. The number of rotatable bonds is 3. The standard InChI is InChI=1S/C14H19BrN4/c1-2-18-6-5-10(8-18)9-19-13-4-3-11(15)7-12(13)17-14(19)16/h3-4,7,10H,2,5-6,8-9H2,1H3,(H2,16,17). The molecule has 19 heavy (non-hydrogen) atoms. The summed E-state index contributed by atoms with van der Waals surface area (Å²) in [4.78, 5) is 6.95. The van der Waals surface area contributed by atoms with E-state index in [9.17, 15) is 0 Å². The summed E-state index contributed by atoms with van der Waals surface area (Å²) in [5.74, 6) is 1.31. The van der Waals surface area contributed by atoms with Crippen molar-refractivity contribution in [1.29, 1.82) is 0 Å². The van der Waals surface area contributed by atoms with Crippen molar-refractivity contribution in [1.82, 2.24) is 14.5 Å². The van der Waals surface area contributed by atoms with Crippen LogP contribution in [0.4, 0.5) is 5.95 Å². The number of benzene rings is 1. The molecule has 1 atom stereocenters. The summed E-state index contributed by atoms with van der Waals surface area (Å²) in [6.07, 6.45) is 1.25. The highest BCUT2D eigenvalue weighted by Gasteiger charge is 2.22. The number of hydrogen-bond donors (Lipinski definition) is 1. The molecule has 1 aromatic heterocycles. The van der Waals surface area contributed by atoms with Crippen LogP contribution in [-0.2, 0) is 6.54 Å². The van der Waals surface area contributed by atoms with Crippen LogP contribution in [0.15, 0.2) is 22.7 Å². The minimum Gasteiger partial charge on any atom is -0.369 e. The molecule has 0 amide bonds. The van der Waals surface area contributed by atoms with Crippen LogP contribution >= 0.6 is 15.9 Å². The van der Waals surface area contributed by atoms with Crippen molar-refractivity contribution >= 4 is 32.9 Å². The second kappa shape index (κ2) is 5.13. The fourth-order valence-corrected chi connectivity index (χ4v) is 3.27. The van der Waals surface area contributed by atoms with Gasteiger partial charge in [0.05, 0.1) is 11.0 Å². The van der Waals surface area contributed by atoms with Gasteiger partial charge in [-0.15, -0.1) is 0 Å². The highest BCUT2D eigenvalue weighted by Crippen LogP contribution is 2.25. The summed E-state index contributed by atoms with van der Waals surface area (Å²) >= 11 is 3.47. The Morgan fingerprint density at radius 2 is 2.32 bits per heavy atom. The lowest BCUT2D eigenvalue weighted by Crippen LogP contribution is -2.21. The topological polar surface area (TPSA) is 47.1 Å². The van der Waals surface area contributed by atoms with E-state index in [4.69, 9.17) is 5.73 Å². The fourth-order valence-electron chi connectivity index (χ4n) is 2.92. The highest BCUT2D eigenvalue weighted by atomic mass is 79.9.